The van der Waals surface area contributed by atoms with Crippen LogP contribution in [-0.2, 0) is 11.0 Å². The second-order valence-corrected chi connectivity index (χ2v) is 2.92. The molecule has 16 heavy (non-hydrogen) atoms. The van der Waals surface area contributed by atoms with Crippen LogP contribution in [-0.4, -0.2) is 11.8 Å². The number of hydrogen-bond acceptors (Lipinski definition) is 4. The lowest BCUT2D eigenvalue weighted by Crippen LogP contribution is -2.32. The summed E-state index contributed by atoms with van der Waals surface area (Å²) in [6, 6.07) is 1.78. The van der Waals surface area contributed by atoms with Crippen LogP contribution >= 0.6 is 0 Å². The number of ketones is 1. The van der Waals surface area contributed by atoms with Crippen LogP contribution in [0.15, 0.2) is 18.2 Å². The molecule has 0 bridgehead atoms. The molecule has 1 aromatic carbocycles. The first-order chi connectivity index (χ1) is 7.23. The number of nitrogens with two attached hydrogens (primary N) is 1. The molecule has 0 saturated carbocycles. The van der Waals surface area contributed by atoms with Crippen molar-refractivity contribution in [1.29, 1.82) is 0 Å². The first-order valence-corrected chi connectivity index (χ1v) is 3.96. The normalized spacial score (nSPS) is 11.2. The summed E-state index contributed by atoms with van der Waals surface area (Å²) in [5, 5.41) is 10.2. The molecule has 0 saturated heterocycles. The van der Waals surface area contributed by atoms with Gasteiger partial charge in [0.1, 0.15) is 5.97 Å². The highest BCUT2D eigenvalue weighted by Crippen LogP contribution is 2.31. The molecule has 0 aliphatic carbocycles. The van der Waals surface area contributed by atoms with E-state index in [4.69, 9.17) is 5.73 Å². The number of rotatable bonds is 2. The van der Waals surface area contributed by atoms with E-state index in [-0.39, 0.29) is 0 Å². The number of carboxylic acids is 1. The molecule has 0 heterocycles. The molecule has 0 unspecified atom stereocenters. The van der Waals surface area contributed by atoms with Gasteiger partial charge in [0.15, 0.2) is 0 Å². The fourth-order valence-electron chi connectivity index (χ4n) is 1.06. The Morgan fingerprint density at radius 2 is 1.81 bits per heavy atom. The molecule has 0 atom stereocenters. The molecule has 0 radical (unpaired) electrons. The average molecular weight is 232 g/mol. The molecule has 0 fully saturated rings. The van der Waals surface area contributed by atoms with Crippen molar-refractivity contribution >= 4 is 17.4 Å². The lowest BCUT2D eigenvalue weighted by Gasteiger charge is -2.10. The summed E-state index contributed by atoms with van der Waals surface area (Å²) in [6.07, 6.45) is -4.60. The van der Waals surface area contributed by atoms with Gasteiger partial charge in [0.25, 0.3) is 0 Å². The fourth-order valence-corrected chi connectivity index (χ4v) is 1.06. The molecule has 0 spiro atoms. The Balaban J connectivity index is 3.20. The number of nitrogen functional groups attached to an aromatic ring is 1. The molecule has 0 aliphatic heterocycles. The van der Waals surface area contributed by atoms with Gasteiger partial charge < -0.3 is 15.6 Å². The second-order valence-electron chi connectivity index (χ2n) is 2.92. The van der Waals surface area contributed by atoms with E-state index in [9.17, 15) is 27.9 Å². The van der Waals surface area contributed by atoms with E-state index in [1.165, 1.54) is 0 Å². The van der Waals surface area contributed by atoms with Gasteiger partial charge in [-0.2, -0.15) is 13.2 Å². The van der Waals surface area contributed by atoms with Gasteiger partial charge in [-0.1, -0.05) is 0 Å². The summed E-state index contributed by atoms with van der Waals surface area (Å²) >= 11 is 0. The van der Waals surface area contributed by atoms with Crippen molar-refractivity contribution in [2.24, 2.45) is 0 Å². The van der Waals surface area contributed by atoms with E-state index in [1.807, 2.05) is 0 Å². The van der Waals surface area contributed by atoms with Crippen molar-refractivity contribution in [2.45, 2.75) is 6.18 Å². The van der Waals surface area contributed by atoms with Gasteiger partial charge in [-0.15, -0.1) is 0 Å². The zero-order chi connectivity index (χ0) is 12.5. The fraction of sp³-hybridized carbons (Fsp3) is 0.111. The van der Waals surface area contributed by atoms with E-state index >= 15 is 0 Å². The Hall–Kier alpha value is -2.05. The lowest BCUT2D eigenvalue weighted by atomic mass is 10.1. The van der Waals surface area contributed by atoms with Crippen LogP contribution in [0.5, 0.6) is 0 Å². The predicted octanol–water partition coefficient (Wildman–Crippen LogP) is 0.220. The minimum absolute atomic E-state index is 0.496. The summed E-state index contributed by atoms with van der Waals surface area (Å²) in [6.45, 7) is 0. The van der Waals surface area contributed by atoms with Crippen LogP contribution in [0.25, 0.3) is 0 Å². The van der Waals surface area contributed by atoms with Crippen molar-refractivity contribution in [2.75, 3.05) is 5.73 Å². The summed E-state index contributed by atoms with van der Waals surface area (Å²) < 4.78 is 36.6. The third kappa shape index (κ3) is 2.30. The Morgan fingerprint density at radius 3 is 2.19 bits per heavy atom. The number of carboxylic acid groups (broad SMARTS) is 1. The van der Waals surface area contributed by atoms with Crippen molar-refractivity contribution in [3.63, 3.8) is 0 Å². The molecule has 7 heteroatoms. The minimum atomic E-state index is -4.60. The molecule has 0 aromatic heterocycles. The standard InChI is InChI=1S/C9H6F3NO3/c10-9(11,12)4-1-2-5(6(13)3-4)7(14)8(15)16/h1-3H,13H2,(H,15,16)/p-1. The molecule has 0 aliphatic rings. The molecule has 1 rings (SSSR count). The molecule has 0 amide bonds. The first kappa shape index (κ1) is 12.0. The van der Waals surface area contributed by atoms with Crippen LogP contribution < -0.4 is 10.8 Å². The predicted molar refractivity (Wildman–Crippen MR) is 45.2 cm³/mol. The van der Waals surface area contributed by atoms with Crippen LogP contribution in [0.1, 0.15) is 15.9 Å². The lowest BCUT2D eigenvalue weighted by molar-refractivity contribution is -0.296. The topological polar surface area (TPSA) is 83.2 Å². The number of anilines is 1. The summed E-state index contributed by atoms with van der Waals surface area (Å²) in [4.78, 5) is 21.1. The zero-order valence-corrected chi connectivity index (χ0v) is 7.67. The van der Waals surface area contributed by atoms with Crippen molar-refractivity contribution < 1.29 is 27.9 Å². The molecule has 4 nitrogen and oxygen atoms in total. The molecule has 86 valence electrons. The van der Waals surface area contributed by atoms with Crippen LogP contribution in [0.2, 0.25) is 0 Å². The van der Waals surface area contributed by atoms with Crippen molar-refractivity contribution in [1.82, 2.24) is 0 Å². The quantitative estimate of drug-likeness (QED) is 0.449. The van der Waals surface area contributed by atoms with Gasteiger partial charge in [-0.05, 0) is 18.2 Å². The van der Waals surface area contributed by atoms with E-state index < -0.39 is 34.7 Å². The number of carbonyl (C=O) groups is 2. The molecule has 1 aromatic rings. The number of carbonyl (C=O) groups excluding carboxylic acids is 2. The molecular weight excluding hydrogens is 227 g/mol. The Labute approximate surface area is 87.5 Å². The minimum Gasteiger partial charge on any atom is -0.541 e. The van der Waals surface area contributed by atoms with E-state index in [0.717, 1.165) is 0 Å². The first-order valence-electron chi connectivity index (χ1n) is 3.96. The zero-order valence-electron chi connectivity index (χ0n) is 7.67. The van der Waals surface area contributed by atoms with Gasteiger partial charge in [0, 0.05) is 11.3 Å². The van der Waals surface area contributed by atoms with Gasteiger partial charge in [-0.25, -0.2) is 0 Å². The molecule has 2 N–H and O–H groups in total. The van der Waals surface area contributed by atoms with Crippen LogP contribution in [0, 0.1) is 0 Å². The third-order valence-electron chi connectivity index (χ3n) is 1.81. The Kier molecular flexibility index (Phi) is 2.88. The maximum atomic E-state index is 12.2. The van der Waals surface area contributed by atoms with Crippen molar-refractivity contribution in [3.05, 3.63) is 29.3 Å². The Morgan fingerprint density at radius 1 is 1.25 bits per heavy atom. The average Bonchev–Trinajstić information content (AvgIpc) is 2.15. The van der Waals surface area contributed by atoms with Gasteiger partial charge in [0.05, 0.1) is 5.56 Å². The molecular formula is C9H5F3NO3-. The number of halogens is 3. The highest BCUT2D eigenvalue weighted by atomic mass is 19.4. The monoisotopic (exact) mass is 232 g/mol. The van der Waals surface area contributed by atoms with Crippen LogP contribution in [0.3, 0.4) is 0 Å². The smallest absolute Gasteiger partial charge is 0.416 e. The number of hydrogen-bond donors (Lipinski definition) is 1. The van der Waals surface area contributed by atoms with E-state index in [1.54, 1.807) is 0 Å². The third-order valence-corrected chi connectivity index (χ3v) is 1.81. The summed E-state index contributed by atoms with van der Waals surface area (Å²) in [5.74, 6) is -3.47. The summed E-state index contributed by atoms with van der Waals surface area (Å²) in [5.41, 5.74) is 3.02. The SMILES string of the molecule is Nc1cc(C(F)(F)F)ccc1C(=O)C(=O)[O-]. The maximum Gasteiger partial charge on any atom is 0.416 e. The number of Topliss-reactive ketones (excluding diaryl/α,β-unsaturated/α-hetero) is 1. The van der Waals surface area contributed by atoms with E-state index in [2.05, 4.69) is 0 Å². The Bertz CT molecular complexity index is 454. The van der Waals surface area contributed by atoms with Gasteiger partial charge in [-0.3, -0.25) is 4.79 Å². The highest BCUT2D eigenvalue weighted by molar-refractivity contribution is 6.40. The maximum absolute atomic E-state index is 12.2. The van der Waals surface area contributed by atoms with E-state index in [0.29, 0.717) is 18.2 Å². The number of alkyl halides is 3. The highest BCUT2D eigenvalue weighted by Gasteiger charge is 2.31. The second kappa shape index (κ2) is 3.84. The van der Waals surface area contributed by atoms with Crippen molar-refractivity contribution in [3.8, 4) is 0 Å². The number of aliphatic carboxylic acids is 1. The van der Waals surface area contributed by atoms with Crippen LogP contribution in [0.4, 0.5) is 18.9 Å². The summed E-state index contributed by atoms with van der Waals surface area (Å²) in [7, 11) is 0. The van der Waals surface area contributed by atoms with Gasteiger partial charge >= 0.3 is 6.18 Å². The largest absolute Gasteiger partial charge is 0.541 e. The van der Waals surface area contributed by atoms with Gasteiger partial charge in [0.2, 0.25) is 5.78 Å². The number of benzene rings is 1.